The summed E-state index contributed by atoms with van der Waals surface area (Å²) < 4.78 is 18.3. The highest BCUT2D eigenvalue weighted by atomic mass is 32.1. The van der Waals surface area contributed by atoms with E-state index in [0.29, 0.717) is 55.6 Å². The largest absolute Gasteiger partial charge is 0.454 e. The summed E-state index contributed by atoms with van der Waals surface area (Å²) in [7, 11) is 0. The number of ether oxygens (including phenoxy) is 3. The summed E-state index contributed by atoms with van der Waals surface area (Å²) in [5, 5.41) is 6.12. The fraction of sp³-hybridized carbons (Fsp3) is 0.280. The van der Waals surface area contributed by atoms with Crippen molar-refractivity contribution in [1.29, 1.82) is 0 Å². The average molecular weight is 539 g/mol. The molecule has 6 rings (SSSR count). The van der Waals surface area contributed by atoms with Crippen molar-refractivity contribution in [2.75, 3.05) is 19.9 Å². The van der Waals surface area contributed by atoms with Crippen LogP contribution in [0.3, 0.4) is 0 Å². The van der Waals surface area contributed by atoms with Crippen LogP contribution >= 0.6 is 23.6 Å². The van der Waals surface area contributed by atoms with E-state index in [1.807, 2.05) is 12.1 Å². The number of hydrogen-bond acceptors (Lipinski definition) is 8. The highest BCUT2D eigenvalue weighted by Gasteiger charge is 2.21. The number of amides is 2. The van der Waals surface area contributed by atoms with Crippen LogP contribution in [0.5, 0.6) is 11.5 Å². The molecule has 0 aliphatic carbocycles. The van der Waals surface area contributed by atoms with Gasteiger partial charge < -0.3 is 29.8 Å². The number of thiazole rings is 1. The second-order valence-corrected chi connectivity index (χ2v) is 10.4. The fourth-order valence-electron chi connectivity index (χ4n) is 4.51. The summed E-state index contributed by atoms with van der Waals surface area (Å²) in [5.74, 6) is 0.666. The van der Waals surface area contributed by atoms with E-state index in [2.05, 4.69) is 15.6 Å². The first-order valence-electron chi connectivity index (χ1n) is 11.8. The van der Waals surface area contributed by atoms with Crippen LogP contribution in [0.2, 0.25) is 0 Å². The Kier molecular flexibility index (Phi) is 6.14. The summed E-state index contributed by atoms with van der Waals surface area (Å²) in [5.41, 5.74) is 1.60. The van der Waals surface area contributed by atoms with Gasteiger partial charge in [-0.15, -0.1) is 0 Å². The first-order valence-corrected chi connectivity index (χ1v) is 13.0. The van der Waals surface area contributed by atoms with E-state index in [1.165, 1.54) is 0 Å². The number of nitrogens with zero attached hydrogens (tertiary/aromatic N) is 1. The lowest BCUT2D eigenvalue weighted by Gasteiger charge is -2.10. The minimum Gasteiger partial charge on any atom is -0.454 e. The van der Waals surface area contributed by atoms with Crippen LogP contribution in [0.15, 0.2) is 41.2 Å². The number of benzene rings is 2. The van der Waals surface area contributed by atoms with Crippen LogP contribution in [0.25, 0.3) is 16.6 Å². The van der Waals surface area contributed by atoms with Gasteiger partial charge >= 0.3 is 0 Å². The van der Waals surface area contributed by atoms with Crippen LogP contribution in [-0.2, 0) is 11.3 Å². The molecule has 4 heterocycles. The average Bonchev–Trinajstić information content (AvgIpc) is 3.66. The molecule has 190 valence electrons. The van der Waals surface area contributed by atoms with Crippen molar-refractivity contribution < 1.29 is 23.8 Å². The van der Waals surface area contributed by atoms with Gasteiger partial charge in [0, 0.05) is 25.3 Å². The molecule has 4 aromatic rings. The third-order valence-electron chi connectivity index (χ3n) is 6.40. The summed E-state index contributed by atoms with van der Waals surface area (Å²) >= 11 is 6.66. The van der Waals surface area contributed by atoms with Gasteiger partial charge in [-0.3, -0.25) is 18.8 Å². The Morgan fingerprint density at radius 1 is 1.11 bits per heavy atom. The lowest BCUT2D eigenvalue weighted by molar-refractivity contribution is 0.0861. The predicted octanol–water partition coefficient (Wildman–Crippen LogP) is 3.14. The van der Waals surface area contributed by atoms with Crippen molar-refractivity contribution in [1.82, 2.24) is 20.0 Å². The Hall–Kier alpha value is -3.74. The smallest absolute Gasteiger partial charge is 0.265 e. The Bertz CT molecular complexity index is 1670. The van der Waals surface area contributed by atoms with Gasteiger partial charge in [-0.1, -0.05) is 17.4 Å². The maximum atomic E-state index is 13.0. The van der Waals surface area contributed by atoms with Gasteiger partial charge in [0.25, 0.3) is 17.4 Å². The molecule has 3 N–H and O–H groups in total. The molecule has 0 bridgehead atoms. The van der Waals surface area contributed by atoms with Crippen molar-refractivity contribution >= 4 is 51.9 Å². The van der Waals surface area contributed by atoms with E-state index >= 15 is 0 Å². The monoisotopic (exact) mass is 538 g/mol. The highest BCUT2D eigenvalue weighted by Crippen LogP contribution is 2.32. The molecule has 0 spiro atoms. The zero-order valence-electron chi connectivity index (χ0n) is 19.5. The van der Waals surface area contributed by atoms with Gasteiger partial charge in [0.2, 0.25) is 6.79 Å². The molecule has 2 aliphatic rings. The SMILES string of the molecule is O=C(NCc1ccc2c(c1)OCO2)c1ccc2c(=O)[nH]c3c(C(=O)NC[C@H]4CCCO4)sc(=S)n3c2c1. The van der Waals surface area contributed by atoms with Gasteiger partial charge in [0.05, 0.1) is 17.0 Å². The van der Waals surface area contributed by atoms with E-state index in [0.717, 1.165) is 29.7 Å². The lowest BCUT2D eigenvalue weighted by atomic mass is 10.1. The molecule has 0 unspecified atom stereocenters. The molecule has 12 heteroatoms. The maximum absolute atomic E-state index is 13.0. The number of aromatic nitrogens is 2. The predicted molar refractivity (Wildman–Crippen MR) is 139 cm³/mol. The molecule has 0 saturated carbocycles. The first kappa shape index (κ1) is 23.6. The van der Waals surface area contributed by atoms with E-state index in [-0.39, 0.29) is 36.8 Å². The van der Waals surface area contributed by atoms with Gasteiger partial charge in [-0.2, -0.15) is 0 Å². The Labute approximate surface area is 219 Å². The van der Waals surface area contributed by atoms with Crippen LogP contribution in [0, 0.1) is 3.95 Å². The molecular weight excluding hydrogens is 516 g/mol. The minimum absolute atomic E-state index is 0.00980. The molecule has 1 saturated heterocycles. The Morgan fingerprint density at radius 2 is 1.97 bits per heavy atom. The second-order valence-electron chi connectivity index (χ2n) is 8.78. The van der Waals surface area contributed by atoms with E-state index in [9.17, 15) is 14.4 Å². The number of carbonyl (C=O) groups is 2. The van der Waals surface area contributed by atoms with Gasteiger partial charge in [0.15, 0.2) is 15.5 Å². The van der Waals surface area contributed by atoms with Crippen molar-refractivity contribution in [3.05, 3.63) is 66.7 Å². The molecule has 2 aromatic heterocycles. The highest BCUT2D eigenvalue weighted by molar-refractivity contribution is 7.73. The van der Waals surface area contributed by atoms with Gasteiger partial charge in [0.1, 0.15) is 10.5 Å². The summed E-state index contributed by atoms with van der Waals surface area (Å²) in [6.45, 7) is 1.55. The van der Waals surface area contributed by atoms with Crippen molar-refractivity contribution in [2.45, 2.75) is 25.5 Å². The van der Waals surface area contributed by atoms with Crippen LogP contribution in [0.1, 0.15) is 38.4 Å². The van der Waals surface area contributed by atoms with E-state index < -0.39 is 0 Å². The van der Waals surface area contributed by atoms with Crippen LogP contribution < -0.4 is 25.7 Å². The third-order valence-corrected chi connectivity index (χ3v) is 7.77. The van der Waals surface area contributed by atoms with Crippen molar-refractivity contribution in [3.8, 4) is 11.5 Å². The molecule has 10 nitrogen and oxygen atoms in total. The molecule has 2 aliphatic heterocycles. The molecule has 1 atom stereocenters. The zero-order chi connectivity index (χ0) is 25.5. The zero-order valence-corrected chi connectivity index (χ0v) is 21.1. The number of rotatable bonds is 6. The molecule has 1 fully saturated rings. The first-order chi connectivity index (χ1) is 18.0. The summed E-state index contributed by atoms with van der Waals surface area (Å²) in [6, 6.07) is 10.3. The van der Waals surface area contributed by atoms with E-state index in [1.54, 1.807) is 28.7 Å². The lowest BCUT2D eigenvalue weighted by Crippen LogP contribution is -2.31. The number of H-pyrrole nitrogens is 1. The second kappa shape index (κ2) is 9.61. The molecule has 2 aromatic carbocycles. The third kappa shape index (κ3) is 4.47. The van der Waals surface area contributed by atoms with Gasteiger partial charge in [-0.25, -0.2) is 0 Å². The fourth-order valence-corrected chi connectivity index (χ4v) is 5.81. The normalized spacial score (nSPS) is 16.4. The maximum Gasteiger partial charge on any atom is 0.265 e. The van der Waals surface area contributed by atoms with Crippen LogP contribution in [-0.4, -0.2) is 47.2 Å². The Morgan fingerprint density at radius 3 is 2.81 bits per heavy atom. The standard InChI is InChI=1S/C25H22N4O6S2/c30-22(26-10-13-3-6-18-19(8-13)35-12-34-18)14-4-5-16-17(9-14)29-21(28-23(16)31)20(37-25(29)36)24(32)27-11-15-2-1-7-33-15/h3-6,8-9,15H,1-2,7,10-12H2,(H,26,30)(H,27,32)(H,28,31)/t15-/m1/s1. The molecular formula is C25H22N4O6S2. The minimum atomic E-state index is -0.372. The molecule has 0 radical (unpaired) electrons. The van der Waals surface area contributed by atoms with Crippen LogP contribution in [0.4, 0.5) is 0 Å². The van der Waals surface area contributed by atoms with Crippen molar-refractivity contribution in [3.63, 3.8) is 0 Å². The van der Waals surface area contributed by atoms with E-state index in [4.69, 9.17) is 26.4 Å². The number of hydrogen-bond donors (Lipinski definition) is 3. The molecule has 2 amide bonds. The summed E-state index contributed by atoms with van der Waals surface area (Å²) in [4.78, 5) is 41.8. The number of carbonyl (C=O) groups excluding carboxylic acids is 2. The Balaban J connectivity index is 1.28. The number of aromatic amines is 1. The summed E-state index contributed by atoms with van der Waals surface area (Å²) in [6.07, 6.45) is 1.86. The van der Waals surface area contributed by atoms with Gasteiger partial charge in [-0.05, 0) is 61.0 Å². The van der Waals surface area contributed by atoms with Crippen molar-refractivity contribution in [2.24, 2.45) is 0 Å². The topological polar surface area (TPSA) is 123 Å². The quantitative estimate of drug-likeness (QED) is 0.322. The number of fused-ring (bicyclic) bond motifs is 4. The molecule has 37 heavy (non-hydrogen) atoms. The number of nitrogens with one attached hydrogen (secondary N) is 3.